The first-order chi connectivity index (χ1) is 8.99. The summed E-state index contributed by atoms with van der Waals surface area (Å²) in [5.41, 5.74) is 0. The van der Waals surface area contributed by atoms with Gasteiger partial charge in [0, 0.05) is 39.8 Å². The molecule has 0 aromatic rings. The fourth-order valence-corrected chi connectivity index (χ4v) is 3.34. The monoisotopic (exact) mass is 292 g/mol. The average molecular weight is 292 g/mol. The molecule has 112 valence electrons. The van der Waals surface area contributed by atoms with Gasteiger partial charge in [0.1, 0.15) is 0 Å². The minimum atomic E-state index is -3.11. The fraction of sp³-hybridized carbons (Fsp3) is 0.909. The van der Waals surface area contributed by atoms with Gasteiger partial charge < -0.3 is 15.4 Å². The summed E-state index contributed by atoms with van der Waals surface area (Å²) in [5, 5.41) is 6.24. The van der Waals surface area contributed by atoms with Crippen molar-refractivity contribution in [2.24, 2.45) is 4.99 Å². The molecule has 8 heteroatoms. The lowest BCUT2D eigenvalue weighted by molar-refractivity contribution is 0.203. The number of guanidine groups is 1. The van der Waals surface area contributed by atoms with Crippen LogP contribution in [0.4, 0.5) is 0 Å². The lowest BCUT2D eigenvalue weighted by Gasteiger charge is -2.23. The normalized spacial score (nSPS) is 21.6. The second-order valence-corrected chi connectivity index (χ2v) is 6.48. The number of rotatable bonds is 6. The average Bonchev–Trinajstić information content (AvgIpc) is 2.81. The molecule has 0 bridgehead atoms. The summed E-state index contributed by atoms with van der Waals surface area (Å²) in [5.74, 6) is 0.664. The number of nitrogens with zero attached hydrogens (tertiary/aromatic N) is 2. The number of hydrogen-bond donors (Lipinski definition) is 2. The van der Waals surface area contributed by atoms with Crippen LogP contribution in [0, 0.1) is 0 Å². The van der Waals surface area contributed by atoms with Crippen molar-refractivity contribution in [3.63, 3.8) is 0 Å². The Morgan fingerprint density at radius 3 is 2.79 bits per heavy atom. The maximum Gasteiger partial charge on any atom is 0.211 e. The van der Waals surface area contributed by atoms with E-state index in [1.807, 2.05) is 0 Å². The summed E-state index contributed by atoms with van der Waals surface area (Å²) in [4.78, 5) is 4.08. The van der Waals surface area contributed by atoms with Crippen molar-refractivity contribution in [3.8, 4) is 0 Å². The zero-order valence-electron chi connectivity index (χ0n) is 11.8. The van der Waals surface area contributed by atoms with Crippen LogP contribution in [0.2, 0.25) is 0 Å². The lowest BCUT2D eigenvalue weighted by Crippen LogP contribution is -2.46. The Labute approximate surface area is 115 Å². The predicted molar refractivity (Wildman–Crippen MR) is 75.8 cm³/mol. The first-order valence-corrected chi connectivity index (χ1v) is 8.24. The number of methoxy groups -OCH3 is 1. The molecule has 0 aliphatic carbocycles. The van der Waals surface area contributed by atoms with E-state index in [1.54, 1.807) is 18.5 Å². The summed E-state index contributed by atoms with van der Waals surface area (Å²) < 4.78 is 29.7. The molecule has 1 heterocycles. The van der Waals surface area contributed by atoms with Crippen LogP contribution in [-0.4, -0.2) is 71.4 Å². The van der Waals surface area contributed by atoms with Gasteiger partial charge in [-0.1, -0.05) is 0 Å². The highest BCUT2D eigenvalue weighted by Gasteiger charge is 2.31. The van der Waals surface area contributed by atoms with Crippen molar-refractivity contribution in [1.29, 1.82) is 0 Å². The van der Waals surface area contributed by atoms with Gasteiger partial charge in [-0.3, -0.25) is 4.99 Å². The summed E-state index contributed by atoms with van der Waals surface area (Å²) in [7, 11) is 0.211. The van der Waals surface area contributed by atoms with E-state index in [-0.39, 0.29) is 6.04 Å². The van der Waals surface area contributed by atoms with Crippen LogP contribution in [0.3, 0.4) is 0 Å². The number of sulfonamides is 1. The van der Waals surface area contributed by atoms with Gasteiger partial charge >= 0.3 is 0 Å². The quantitative estimate of drug-likeness (QED) is 0.381. The van der Waals surface area contributed by atoms with Gasteiger partial charge in [0.15, 0.2) is 5.96 Å². The van der Waals surface area contributed by atoms with E-state index >= 15 is 0 Å². The molecule has 0 aromatic carbocycles. The Balaban J connectivity index is 2.42. The maximum atomic E-state index is 11.6. The van der Waals surface area contributed by atoms with Gasteiger partial charge in [-0.15, -0.1) is 0 Å². The van der Waals surface area contributed by atoms with Gasteiger partial charge in [-0.05, 0) is 12.8 Å². The van der Waals surface area contributed by atoms with Crippen molar-refractivity contribution in [2.75, 3.05) is 46.7 Å². The van der Waals surface area contributed by atoms with E-state index in [2.05, 4.69) is 15.6 Å². The second kappa shape index (κ2) is 7.66. The Hall–Kier alpha value is -0.860. The molecule has 1 aliphatic heterocycles. The standard InChI is InChI=1S/C11H24N4O3S/c1-12-11(13-6-8-18-2)14-9-10-5-4-7-15(10)19(3,16)17/h10H,4-9H2,1-3H3,(H2,12,13,14)/t10-/m1/s1. The van der Waals surface area contributed by atoms with E-state index in [9.17, 15) is 8.42 Å². The molecule has 0 unspecified atom stereocenters. The highest BCUT2D eigenvalue weighted by Crippen LogP contribution is 2.19. The summed E-state index contributed by atoms with van der Waals surface area (Å²) in [6, 6.07) is 0.0102. The van der Waals surface area contributed by atoms with E-state index in [1.165, 1.54) is 6.26 Å². The molecule has 0 spiro atoms. The van der Waals surface area contributed by atoms with Crippen molar-refractivity contribution in [3.05, 3.63) is 0 Å². The van der Waals surface area contributed by atoms with Crippen LogP contribution in [-0.2, 0) is 14.8 Å². The van der Waals surface area contributed by atoms with E-state index in [4.69, 9.17) is 4.74 Å². The summed E-state index contributed by atoms with van der Waals surface area (Å²) in [6.45, 7) is 2.44. The molecular formula is C11H24N4O3S. The molecule has 7 nitrogen and oxygen atoms in total. The summed E-state index contributed by atoms with van der Waals surface area (Å²) in [6.07, 6.45) is 3.06. The zero-order chi connectivity index (χ0) is 14.3. The Bertz CT molecular complexity index is 397. The van der Waals surface area contributed by atoms with E-state index < -0.39 is 10.0 Å². The first-order valence-electron chi connectivity index (χ1n) is 6.39. The van der Waals surface area contributed by atoms with E-state index in [0.29, 0.717) is 32.2 Å². The molecule has 2 N–H and O–H groups in total. The highest BCUT2D eigenvalue weighted by atomic mass is 32.2. The number of aliphatic imine (C=N–C) groups is 1. The number of nitrogens with one attached hydrogen (secondary N) is 2. The Morgan fingerprint density at radius 1 is 1.47 bits per heavy atom. The second-order valence-electron chi connectivity index (χ2n) is 4.54. The molecule has 1 aliphatic rings. The topological polar surface area (TPSA) is 83.0 Å². The minimum absolute atomic E-state index is 0.0102. The van der Waals surface area contributed by atoms with Crippen LogP contribution >= 0.6 is 0 Å². The van der Waals surface area contributed by atoms with Crippen molar-refractivity contribution < 1.29 is 13.2 Å². The van der Waals surface area contributed by atoms with Gasteiger partial charge in [0.25, 0.3) is 0 Å². The molecule has 1 rings (SSSR count). The van der Waals surface area contributed by atoms with Gasteiger partial charge in [-0.25, -0.2) is 8.42 Å². The van der Waals surface area contributed by atoms with Crippen LogP contribution < -0.4 is 10.6 Å². The molecule has 0 aromatic heterocycles. The SMILES string of the molecule is CN=C(NCCOC)NC[C@H]1CCCN1S(C)(=O)=O. The van der Waals surface area contributed by atoms with Crippen LogP contribution in [0.5, 0.6) is 0 Å². The van der Waals surface area contributed by atoms with Gasteiger partial charge in [0.2, 0.25) is 10.0 Å². The third-order valence-corrected chi connectivity index (χ3v) is 4.41. The van der Waals surface area contributed by atoms with Crippen LogP contribution in [0.25, 0.3) is 0 Å². The molecule has 0 saturated carbocycles. The molecular weight excluding hydrogens is 268 g/mol. The predicted octanol–water partition coefficient (Wildman–Crippen LogP) is -0.778. The van der Waals surface area contributed by atoms with Crippen molar-refractivity contribution >= 4 is 16.0 Å². The van der Waals surface area contributed by atoms with Crippen LogP contribution in [0.15, 0.2) is 4.99 Å². The third-order valence-electron chi connectivity index (χ3n) is 3.08. The molecule has 0 radical (unpaired) electrons. The van der Waals surface area contributed by atoms with Gasteiger partial charge in [-0.2, -0.15) is 4.31 Å². The highest BCUT2D eigenvalue weighted by molar-refractivity contribution is 7.88. The zero-order valence-corrected chi connectivity index (χ0v) is 12.7. The minimum Gasteiger partial charge on any atom is -0.383 e. The molecule has 0 amide bonds. The van der Waals surface area contributed by atoms with Gasteiger partial charge in [0.05, 0.1) is 12.9 Å². The molecule has 1 atom stereocenters. The largest absolute Gasteiger partial charge is 0.383 e. The number of ether oxygens (including phenoxy) is 1. The maximum absolute atomic E-state index is 11.6. The molecule has 1 fully saturated rings. The summed E-state index contributed by atoms with van der Waals surface area (Å²) >= 11 is 0. The smallest absolute Gasteiger partial charge is 0.211 e. The van der Waals surface area contributed by atoms with E-state index in [0.717, 1.165) is 12.8 Å². The first kappa shape index (κ1) is 16.2. The number of hydrogen-bond acceptors (Lipinski definition) is 4. The van der Waals surface area contributed by atoms with Crippen molar-refractivity contribution in [1.82, 2.24) is 14.9 Å². The lowest BCUT2D eigenvalue weighted by atomic mass is 10.2. The molecule has 1 saturated heterocycles. The third kappa shape index (κ3) is 5.33. The molecule has 19 heavy (non-hydrogen) atoms. The van der Waals surface area contributed by atoms with Crippen LogP contribution in [0.1, 0.15) is 12.8 Å². The Kier molecular flexibility index (Phi) is 6.53. The fourth-order valence-electron chi connectivity index (χ4n) is 2.16. The Morgan fingerprint density at radius 2 is 2.21 bits per heavy atom. The van der Waals surface area contributed by atoms with Crippen molar-refractivity contribution in [2.45, 2.75) is 18.9 Å².